The van der Waals surface area contributed by atoms with E-state index < -0.39 is 6.23 Å². The van der Waals surface area contributed by atoms with E-state index in [0.29, 0.717) is 23.8 Å². The van der Waals surface area contributed by atoms with Crippen LogP contribution < -0.4 is 10.6 Å². The third-order valence-corrected chi connectivity index (χ3v) is 6.81. The Kier molecular flexibility index (Phi) is 8.66. The number of amides is 1. The number of rotatable bonds is 12. The molecule has 0 fully saturated rings. The number of aliphatic hydroxyl groups is 1. The van der Waals surface area contributed by atoms with Crippen LogP contribution in [0.1, 0.15) is 34.0 Å². The number of hydrogen-bond donors (Lipinski definition) is 3. The Morgan fingerprint density at radius 2 is 1.79 bits per heavy atom. The van der Waals surface area contributed by atoms with Crippen LogP contribution in [-0.2, 0) is 30.5 Å². The lowest BCUT2D eigenvalue weighted by Crippen LogP contribution is -2.20. The van der Waals surface area contributed by atoms with E-state index in [-0.39, 0.29) is 5.91 Å². The van der Waals surface area contributed by atoms with Crippen LogP contribution in [0, 0.1) is 0 Å². The summed E-state index contributed by atoms with van der Waals surface area (Å²) < 4.78 is 0. The van der Waals surface area contributed by atoms with Crippen molar-refractivity contribution in [3.05, 3.63) is 81.1 Å². The van der Waals surface area contributed by atoms with Crippen LogP contribution in [-0.4, -0.2) is 37.6 Å². The molecule has 0 aliphatic rings. The fourth-order valence-corrected chi connectivity index (χ4v) is 4.91. The molecule has 0 aliphatic heterocycles. The molecule has 4 aromatic rings. The Labute approximate surface area is 206 Å². The second kappa shape index (κ2) is 12.3. The summed E-state index contributed by atoms with van der Waals surface area (Å²) in [5, 5.41) is 36.2. The standard InChI is InChI=1S/C24H26N6O2S2/c31-21(15-17-7-2-1-3-8-17)25-20-13-12-18(27-28-20)9-4-5-11-23-29-30-24(34-23)26-22(32)16-19-10-6-14-33-19/h1-3,6-8,10,12-14,22,32H,4-5,9,11,15-16H2,(H,26,30)(H,25,28,31). The number of aromatic nitrogens is 4. The molecule has 3 heterocycles. The van der Waals surface area contributed by atoms with Crippen LogP contribution in [0.15, 0.2) is 60.0 Å². The molecule has 1 amide bonds. The summed E-state index contributed by atoms with van der Waals surface area (Å²) in [4.78, 5) is 13.3. The molecule has 1 aromatic carbocycles. The Morgan fingerprint density at radius 3 is 2.56 bits per heavy atom. The second-order valence-corrected chi connectivity index (χ2v) is 9.87. The second-order valence-electron chi connectivity index (χ2n) is 7.77. The van der Waals surface area contributed by atoms with Gasteiger partial charge in [0, 0.05) is 17.7 Å². The highest BCUT2D eigenvalue weighted by atomic mass is 32.1. The molecule has 0 aliphatic carbocycles. The topological polar surface area (TPSA) is 113 Å². The predicted molar refractivity (Wildman–Crippen MR) is 135 cm³/mol. The molecule has 8 nitrogen and oxygen atoms in total. The molecule has 176 valence electrons. The minimum atomic E-state index is -0.677. The summed E-state index contributed by atoms with van der Waals surface area (Å²) >= 11 is 3.09. The summed E-state index contributed by atoms with van der Waals surface area (Å²) in [6.45, 7) is 0. The van der Waals surface area contributed by atoms with E-state index in [1.807, 2.05) is 53.9 Å². The lowest BCUT2D eigenvalue weighted by Gasteiger charge is -2.09. The number of unbranched alkanes of at least 4 members (excludes halogenated alkanes) is 1. The molecular weight excluding hydrogens is 468 g/mol. The van der Waals surface area contributed by atoms with Crippen molar-refractivity contribution in [3.8, 4) is 0 Å². The number of carbonyl (C=O) groups is 1. The van der Waals surface area contributed by atoms with E-state index in [0.717, 1.165) is 46.8 Å². The Morgan fingerprint density at radius 1 is 0.941 bits per heavy atom. The van der Waals surface area contributed by atoms with Gasteiger partial charge in [-0.25, -0.2) is 0 Å². The summed E-state index contributed by atoms with van der Waals surface area (Å²) in [5.41, 5.74) is 1.84. The van der Waals surface area contributed by atoms with Gasteiger partial charge < -0.3 is 15.7 Å². The number of anilines is 2. The fourth-order valence-electron chi connectivity index (χ4n) is 3.34. The van der Waals surface area contributed by atoms with Gasteiger partial charge in [-0.15, -0.1) is 26.6 Å². The Balaban J connectivity index is 1.14. The third kappa shape index (κ3) is 7.68. The number of aryl methyl sites for hydroxylation is 2. The quantitative estimate of drug-likeness (QED) is 0.201. The van der Waals surface area contributed by atoms with Gasteiger partial charge in [-0.05, 0) is 48.4 Å². The van der Waals surface area contributed by atoms with Crippen molar-refractivity contribution in [1.29, 1.82) is 0 Å². The third-order valence-electron chi connectivity index (χ3n) is 5.00. The zero-order chi connectivity index (χ0) is 23.6. The van der Waals surface area contributed by atoms with Crippen molar-refractivity contribution in [2.24, 2.45) is 0 Å². The molecule has 1 unspecified atom stereocenters. The van der Waals surface area contributed by atoms with Gasteiger partial charge in [-0.1, -0.05) is 47.7 Å². The normalized spacial score (nSPS) is 11.8. The van der Waals surface area contributed by atoms with Crippen LogP contribution in [0.3, 0.4) is 0 Å². The van der Waals surface area contributed by atoms with Crippen LogP contribution in [0.5, 0.6) is 0 Å². The highest BCUT2D eigenvalue weighted by Crippen LogP contribution is 2.20. The maximum atomic E-state index is 12.1. The van der Waals surface area contributed by atoms with Gasteiger partial charge in [0.25, 0.3) is 0 Å². The van der Waals surface area contributed by atoms with E-state index in [1.54, 1.807) is 17.4 Å². The fraction of sp³-hybridized carbons (Fsp3) is 0.292. The molecule has 34 heavy (non-hydrogen) atoms. The van der Waals surface area contributed by atoms with Crippen molar-refractivity contribution < 1.29 is 9.90 Å². The summed E-state index contributed by atoms with van der Waals surface area (Å²) in [7, 11) is 0. The van der Waals surface area contributed by atoms with Crippen LogP contribution in [0.2, 0.25) is 0 Å². The minimum Gasteiger partial charge on any atom is -0.373 e. The number of nitrogens with one attached hydrogen (secondary N) is 2. The first-order valence-corrected chi connectivity index (χ1v) is 12.8. The lowest BCUT2D eigenvalue weighted by molar-refractivity contribution is -0.115. The number of benzene rings is 1. The maximum Gasteiger partial charge on any atom is 0.229 e. The van der Waals surface area contributed by atoms with Crippen LogP contribution in [0.25, 0.3) is 0 Å². The summed E-state index contributed by atoms with van der Waals surface area (Å²) in [6, 6.07) is 17.2. The van der Waals surface area contributed by atoms with E-state index in [9.17, 15) is 9.90 Å². The van der Waals surface area contributed by atoms with Crippen molar-refractivity contribution in [3.63, 3.8) is 0 Å². The zero-order valence-corrected chi connectivity index (χ0v) is 20.2. The number of thiophene rings is 1. The molecule has 0 bridgehead atoms. The van der Waals surface area contributed by atoms with Gasteiger partial charge in [-0.2, -0.15) is 5.10 Å². The van der Waals surface area contributed by atoms with Gasteiger partial charge in [0.05, 0.1) is 12.1 Å². The van der Waals surface area contributed by atoms with Gasteiger partial charge in [0.1, 0.15) is 11.2 Å². The molecule has 0 spiro atoms. The van der Waals surface area contributed by atoms with Crippen molar-refractivity contribution >= 4 is 39.5 Å². The number of hydrogen-bond acceptors (Lipinski definition) is 9. The average Bonchev–Trinajstić information content (AvgIpc) is 3.50. The van der Waals surface area contributed by atoms with Gasteiger partial charge >= 0.3 is 0 Å². The largest absolute Gasteiger partial charge is 0.373 e. The maximum absolute atomic E-state index is 12.1. The summed E-state index contributed by atoms with van der Waals surface area (Å²) in [6.07, 6.45) is 3.69. The molecule has 10 heteroatoms. The van der Waals surface area contributed by atoms with Crippen LogP contribution >= 0.6 is 22.7 Å². The smallest absolute Gasteiger partial charge is 0.229 e. The monoisotopic (exact) mass is 494 g/mol. The first kappa shape index (κ1) is 23.9. The molecule has 0 saturated heterocycles. The molecule has 3 N–H and O–H groups in total. The Hall–Kier alpha value is -3.21. The highest BCUT2D eigenvalue weighted by Gasteiger charge is 2.11. The van der Waals surface area contributed by atoms with Crippen molar-refractivity contribution in [1.82, 2.24) is 20.4 Å². The molecule has 0 radical (unpaired) electrons. The lowest BCUT2D eigenvalue weighted by atomic mass is 10.1. The van der Waals surface area contributed by atoms with Crippen molar-refractivity contribution in [2.75, 3.05) is 10.6 Å². The first-order chi connectivity index (χ1) is 16.6. The molecule has 0 saturated carbocycles. The summed E-state index contributed by atoms with van der Waals surface area (Å²) in [5.74, 6) is 0.345. The van der Waals surface area contributed by atoms with Gasteiger partial charge in [-0.3, -0.25) is 4.79 Å². The van der Waals surface area contributed by atoms with E-state index in [4.69, 9.17) is 0 Å². The van der Waals surface area contributed by atoms with E-state index in [1.165, 1.54) is 11.3 Å². The minimum absolute atomic E-state index is 0.113. The molecular formula is C24H26N6O2S2. The Bertz CT molecular complexity index is 1150. The SMILES string of the molecule is O=C(Cc1ccccc1)Nc1ccc(CCCCc2nnc(NC(O)Cc3cccs3)s2)nn1. The number of nitrogens with zero attached hydrogens (tertiary/aromatic N) is 4. The average molecular weight is 495 g/mol. The number of carbonyl (C=O) groups excluding carboxylic acids is 1. The van der Waals surface area contributed by atoms with Crippen LogP contribution in [0.4, 0.5) is 10.9 Å². The predicted octanol–water partition coefficient (Wildman–Crippen LogP) is 4.11. The van der Waals surface area contributed by atoms with Crippen molar-refractivity contribution in [2.45, 2.75) is 44.8 Å². The van der Waals surface area contributed by atoms with E-state index in [2.05, 4.69) is 31.0 Å². The van der Waals surface area contributed by atoms with Gasteiger partial charge in [0.15, 0.2) is 5.82 Å². The molecule has 4 rings (SSSR count). The molecule has 1 atom stereocenters. The zero-order valence-electron chi connectivity index (χ0n) is 18.6. The van der Waals surface area contributed by atoms with E-state index >= 15 is 0 Å². The highest BCUT2D eigenvalue weighted by molar-refractivity contribution is 7.15. The first-order valence-electron chi connectivity index (χ1n) is 11.1. The molecule has 3 aromatic heterocycles. The van der Waals surface area contributed by atoms with Gasteiger partial charge in [0.2, 0.25) is 11.0 Å². The number of aliphatic hydroxyl groups excluding tert-OH is 1.